The normalized spacial score (nSPS) is 10.5. The van der Waals surface area contributed by atoms with E-state index in [9.17, 15) is 9.18 Å². The molecule has 0 saturated heterocycles. The summed E-state index contributed by atoms with van der Waals surface area (Å²) in [7, 11) is 0. The molecule has 0 aliphatic rings. The van der Waals surface area contributed by atoms with Crippen LogP contribution in [0, 0.1) is 12.7 Å². The van der Waals surface area contributed by atoms with Crippen molar-refractivity contribution >= 4 is 17.5 Å². The Hall–Kier alpha value is -1.09. The lowest BCUT2D eigenvalue weighted by atomic mass is 10.1. The van der Waals surface area contributed by atoms with E-state index in [1.165, 1.54) is 6.07 Å². The van der Waals surface area contributed by atoms with Crippen molar-refractivity contribution in [3.63, 3.8) is 0 Å². The zero-order valence-corrected chi connectivity index (χ0v) is 9.65. The van der Waals surface area contributed by atoms with Gasteiger partial charge in [-0.1, -0.05) is 11.6 Å². The van der Waals surface area contributed by atoms with Gasteiger partial charge in [-0.3, -0.25) is 4.79 Å². The number of carbonyl (C=O) groups is 1. The van der Waals surface area contributed by atoms with Gasteiger partial charge in [0.1, 0.15) is 5.82 Å². The molecule has 1 aromatic carbocycles. The highest BCUT2D eigenvalue weighted by atomic mass is 35.5. The summed E-state index contributed by atoms with van der Waals surface area (Å²) >= 11 is 5.85. The van der Waals surface area contributed by atoms with Crippen molar-refractivity contribution in [3.8, 4) is 0 Å². The van der Waals surface area contributed by atoms with Gasteiger partial charge in [-0.25, -0.2) is 4.39 Å². The Bertz CT molecular complexity index is 390. The van der Waals surface area contributed by atoms with Gasteiger partial charge in [0.2, 0.25) is 0 Å². The molecule has 15 heavy (non-hydrogen) atoms. The Balaban J connectivity index is 3.04. The Morgan fingerprint density at radius 3 is 2.60 bits per heavy atom. The molecular weight excluding hydrogens is 217 g/mol. The second-order valence-electron chi connectivity index (χ2n) is 3.71. The molecular formula is C11H13ClFNO. The number of halogens is 2. The highest BCUT2D eigenvalue weighted by Gasteiger charge is 2.13. The van der Waals surface area contributed by atoms with Crippen molar-refractivity contribution in [1.29, 1.82) is 0 Å². The van der Waals surface area contributed by atoms with Crippen molar-refractivity contribution in [3.05, 3.63) is 34.1 Å². The maximum absolute atomic E-state index is 13.2. The Morgan fingerprint density at radius 2 is 2.07 bits per heavy atom. The van der Waals surface area contributed by atoms with Gasteiger partial charge >= 0.3 is 0 Å². The van der Waals surface area contributed by atoms with E-state index in [1.807, 2.05) is 13.8 Å². The van der Waals surface area contributed by atoms with E-state index in [2.05, 4.69) is 5.32 Å². The molecule has 1 N–H and O–H groups in total. The number of amides is 1. The molecule has 0 radical (unpaired) electrons. The summed E-state index contributed by atoms with van der Waals surface area (Å²) in [6.45, 7) is 5.26. The van der Waals surface area contributed by atoms with Crippen molar-refractivity contribution in [2.45, 2.75) is 26.8 Å². The summed E-state index contributed by atoms with van der Waals surface area (Å²) < 4.78 is 13.2. The lowest BCUT2D eigenvalue weighted by Gasteiger charge is -2.10. The van der Waals surface area contributed by atoms with Crippen LogP contribution in [-0.2, 0) is 0 Å². The molecule has 4 heteroatoms. The third kappa shape index (κ3) is 2.93. The molecule has 0 fully saturated rings. The van der Waals surface area contributed by atoms with Gasteiger partial charge in [-0.15, -0.1) is 0 Å². The van der Waals surface area contributed by atoms with E-state index in [4.69, 9.17) is 11.6 Å². The molecule has 0 atom stereocenters. The average molecular weight is 230 g/mol. The summed E-state index contributed by atoms with van der Waals surface area (Å²) in [6.07, 6.45) is 0. The van der Waals surface area contributed by atoms with Gasteiger partial charge < -0.3 is 5.32 Å². The zero-order chi connectivity index (χ0) is 11.6. The van der Waals surface area contributed by atoms with Crippen molar-refractivity contribution in [2.24, 2.45) is 0 Å². The molecule has 1 amide bonds. The fourth-order valence-corrected chi connectivity index (χ4v) is 1.46. The van der Waals surface area contributed by atoms with Crippen LogP contribution in [0.25, 0.3) is 0 Å². The fraction of sp³-hybridized carbons (Fsp3) is 0.364. The van der Waals surface area contributed by atoms with Gasteiger partial charge in [0, 0.05) is 6.04 Å². The fourth-order valence-electron chi connectivity index (χ4n) is 1.16. The number of hydrogen-bond donors (Lipinski definition) is 1. The van der Waals surface area contributed by atoms with Crippen LogP contribution in [0.1, 0.15) is 29.8 Å². The Labute approximate surface area is 93.4 Å². The van der Waals surface area contributed by atoms with Gasteiger partial charge in [0.15, 0.2) is 0 Å². The first-order valence-corrected chi connectivity index (χ1v) is 5.06. The number of nitrogens with one attached hydrogen (secondary N) is 1. The molecule has 1 aromatic rings. The molecule has 0 aliphatic carbocycles. The number of benzene rings is 1. The number of hydrogen-bond acceptors (Lipinski definition) is 1. The van der Waals surface area contributed by atoms with Gasteiger partial charge in [0.25, 0.3) is 5.91 Å². The van der Waals surface area contributed by atoms with E-state index < -0.39 is 5.82 Å². The topological polar surface area (TPSA) is 29.1 Å². The lowest BCUT2D eigenvalue weighted by molar-refractivity contribution is 0.0943. The number of carbonyl (C=O) groups excluding carboxylic acids is 1. The molecule has 0 bridgehead atoms. The summed E-state index contributed by atoms with van der Waals surface area (Å²) in [5.74, 6) is -0.776. The first-order valence-electron chi connectivity index (χ1n) is 4.68. The Kier molecular flexibility index (Phi) is 3.69. The van der Waals surface area contributed by atoms with Crippen molar-refractivity contribution < 1.29 is 9.18 Å². The van der Waals surface area contributed by atoms with E-state index in [1.54, 1.807) is 6.92 Å². The van der Waals surface area contributed by atoms with E-state index >= 15 is 0 Å². The van der Waals surface area contributed by atoms with E-state index in [-0.39, 0.29) is 22.5 Å². The highest BCUT2D eigenvalue weighted by Crippen LogP contribution is 2.20. The predicted octanol–water partition coefficient (Wildman–Crippen LogP) is 2.93. The van der Waals surface area contributed by atoms with Crippen LogP contribution in [0.15, 0.2) is 12.1 Å². The van der Waals surface area contributed by atoms with Crippen LogP contribution in [0.4, 0.5) is 4.39 Å². The first kappa shape index (κ1) is 12.0. The van der Waals surface area contributed by atoms with E-state index in [0.29, 0.717) is 5.56 Å². The zero-order valence-electron chi connectivity index (χ0n) is 8.90. The SMILES string of the molecule is Cc1cc(Cl)c(C(=O)NC(C)C)cc1F. The molecule has 0 aliphatic heterocycles. The second-order valence-corrected chi connectivity index (χ2v) is 4.12. The van der Waals surface area contributed by atoms with Crippen LogP contribution in [0.2, 0.25) is 5.02 Å². The summed E-state index contributed by atoms with van der Waals surface area (Å²) in [6, 6.07) is 2.61. The quantitative estimate of drug-likeness (QED) is 0.830. The third-order valence-electron chi connectivity index (χ3n) is 1.91. The number of rotatable bonds is 2. The van der Waals surface area contributed by atoms with Crippen LogP contribution in [0.5, 0.6) is 0 Å². The Morgan fingerprint density at radius 1 is 1.47 bits per heavy atom. The third-order valence-corrected chi connectivity index (χ3v) is 2.23. The lowest BCUT2D eigenvalue weighted by Crippen LogP contribution is -2.30. The average Bonchev–Trinajstić information content (AvgIpc) is 2.09. The van der Waals surface area contributed by atoms with E-state index in [0.717, 1.165) is 6.07 Å². The smallest absolute Gasteiger partial charge is 0.253 e. The summed E-state index contributed by atoms with van der Waals surface area (Å²) in [5, 5.41) is 2.93. The molecule has 0 spiro atoms. The molecule has 0 heterocycles. The van der Waals surface area contributed by atoms with Gasteiger partial charge in [-0.05, 0) is 38.5 Å². The monoisotopic (exact) mass is 229 g/mol. The summed E-state index contributed by atoms with van der Waals surface area (Å²) in [5.41, 5.74) is 0.606. The number of aryl methyl sites for hydroxylation is 1. The van der Waals surface area contributed by atoms with Gasteiger partial charge in [0.05, 0.1) is 10.6 Å². The first-order chi connectivity index (χ1) is 6.91. The standard InChI is InChI=1S/C11H13ClFNO/c1-6(2)14-11(15)8-5-10(13)7(3)4-9(8)12/h4-6H,1-3H3,(H,14,15). The van der Waals surface area contributed by atoms with Crippen molar-refractivity contribution in [2.75, 3.05) is 0 Å². The molecule has 0 unspecified atom stereocenters. The van der Waals surface area contributed by atoms with Gasteiger partial charge in [-0.2, -0.15) is 0 Å². The molecule has 1 rings (SSSR count). The minimum atomic E-state index is -0.423. The van der Waals surface area contributed by atoms with Crippen LogP contribution >= 0.6 is 11.6 Å². The largest absolute Gasteiger partial charge is 0.350 e. The maximum atomic E-state index is 13.2. The highest BCUT2D eigenvalue weighted by molar-refractivity contribution is 6.33. The molecule has 0 saturated carbocycles. The van der Waals surface area contributed by atoms with Crippen LogP contribution in [-0.4, -0.2) is 11.9 Å². The van der Waals surface area contributed by atoms with Crippen LogP contribution < -0.4 is 5.32 Å². The minimum Gasteiger partial charge on any atom is -0.350 e. The second kappa shape index (κ2) is 4.62. The summed E-state index contributed by atoms with van der Waals surface area (Å²) in [4.78, 5) is 11.6. The predicted molar refractivity (Wildman–Crippen MR) is 58.7 cm³/mol. The maximum Gasteiger partial charge on any atom is 0.253 e. The molecule has 82 valence electrons. The minimum absolute atomic E-state index is 0.00192. The molecule has 2 nitrogen and oxygen atoms in total. The van der Waals surface area contributed by atoms with Crippen molar-refractivity contribution in [1.82, 2.24) is 5.32 Å². The molecule has 0 aromatic heterocycles. The van der Waals surface area contributed by atoms with Crippen LogP contribution in [0.3, 0.4) is 0 Å².